The molecule has 2 heterocycles. The lowest BCUT2D eigenvalue weighted by Crippen LogP contribution is -1.96. The molecular weight excluding hydrogens is 388 g/mol. The summed E-state index contributed by atoms with van der Waals surface area (Å²) in [4.78, 5) is 4.73. The second-order valence-electron chi connectivity index (χ2n) is 5.02. The third kappa shape index (κ3) is 4.35. The van der Waals surface area contributed by atoms with Crippen LogP contribution >= 0.6 is 34.4 Å². The number of aromatic nitrogens is 3. The maximum atomic E-state index is 5.50. The number of hydrogen-bond donors (Lipinski definition) is 1. The Morgan fingerprint density at radius 1 is 1.27 bits per heavy atom. The quantitative estimate of drug-likeness (QED) is 0.412. The van der Waals surface area contributed by atoms with E-state index in [1.54, 1.807) is 43.4 Å². The topological polar surface area (TPSA) is 69.2 Å². The zero-order chi connectivity index (χ0) is 18.4. The summed E-state index contributed by atoms with van der Waals surface area (Å²) in [5.41, 5.74) is 1.93. The number of thiazole rings is 1. The largest absolute Gasteiger partial charge is 0.493 e. The number of para-hydroxylation sites is 1. The molecule has 9 heteroatoms. The van der Waals surface area contributed by atoms with Crippen LogP contribution in [-0.2, 0) is 5.75 Å². The van der Waals surface area contributed by atoms with Gasteiger partial charge in [0.05, 0.1) is 25.5 Å². The minimum atomic E-state index is 0.678. The number of thioether (sulfide) groups is 1. The van der Waals surface area contributed by atoms with Crippen LogP contribution in [0.3, 0.4) is 0 Å². The molecule has 0 bridgehead atoms. The van der Waals surface area contributed by atoms with Crippen molar-refractivity contribution in [2.75, 3.05) is 26.1 Å². The van der Waals surface area contributed by atoms with Gasteiger partial charge in [-0.15, -0.1) is 28.1 Å². The van der Waals surface area contributed by atoms with Gasteiger partial charge in [0.15, 0.2) is 15.8 Å². The number of anilines is 1. The fourth-order valence-electron chi connectivity index (χ4n) is 2.19. The molecule has 0 saturated heterocycles. The number of rotatable bonds is 9. The summed E-state index contributed by atoms with van der Waals surface area (Å²) in [6.07, 6.45) is 1.79. The standard InChI is InChI=1S/C17H18N4O2S3/c1-4-8-18-16-20-21-17(26-16)25-10-11-9-24-15(19-11)12-6-5-7-13(22-2)14(12)23-3/h4-7,9H,1,8,10H2,2-3H3,(H,18,20). The lowest BCUT2D eigenvalue weighted by atomic mass is 10.2. The smallest absolute Gasteiger partial charge is 0.206 e. The summed E-state index contributed by atoms with van der Waals surface area (Å²) in [5, 5.41) is 15.2. The van der Waals surface area contributed by atoms with Gasteiger partial charge in [0.1, 0.15) is 5.01 Å². The van der Waals surface area contributed by atoms with Gasteiger partial charge in [-0.1, -0.05) is 35.2 Å². The highest BCUT2D eigenvalue weighted by molar-refractivity contribution is 8.00. The van der Waals surface area contributed by atoms with Crippen LogP contribution in [0.2, 0.25) is 0 Å². The lowest BCUT2D eigenvalue weighted by molar-refractivity contribution is 0.356. The van der Waals surface area contributed by atoms with Crippen molar-refractivity contribution in [3.8, 4) is 22.1 Å². The second kappa shape index (κ2) is 9.02. The van der Waals surface area contributed by atoms with Crippen molar-refractivity contribution >= 4 is 39.6 Å². The van der Waals surface area contributed by atoms with Crippen molar-refractivity contribution in [1.29, 1.82) is 0 Å². The highest BCUT2D eigenvalue weighted by Gasteiger charge is 2.15. The molecule has 0 atom stereocenters. The summed E-state index contributed by atoms with van der Waals surface area (Å²) >= 11 is 4.74. The van der Waals surface area contributed by atoms with Gasteiger partial charge in [0, 0.05) is 17.7 Å². The molecule has 2 aromatic heterocycles. The van der Waals surface area contributed by atoms with E-state index >= 15 is 0 Å². The predicted octanol–water partition coefficient (Wildman–Crippen LogP) is 4.57. The Hall–Kier alpha value is -2.10. The maximum Gasteiger partial charge on any atom is 0.206 e. The van der Waals surface area contributed by atoms with Crippen molar-refractivity contribution in [3.05, 3.63) is 41.9 Å². The van der Waals surface area contributed by atoms with Gasteiger partial charge in [-0.3, -0.25) is 0 Å². The Morgan fingerprint density at radius 3 is 2.92 bits per heavy atom. The number of nitrogens with one attached hydrogen (secondary N) is 1. The van der Waals surface area contributed by atoms with Crippen molar-refractivity contribution in [3.63, 3.8) is 0 Å². The molecule has 0 aliphatic carbocycles. The van der Waals surface area contributed by atoms with E-state index in [4.69, 9.17) is 14.5 Å². The van der Waals surface area contributed by atoms with Crippen LogP contribution in [0.5, 0.6) is 11.5 Å². The molecule has 26 heavy (non-hydrogen) atoms. The molecule has 0 aliphatic heterocycles. The summed E-state index contributed by atoms with van der Waals surface area (Å²) in [5.74, 6) is 2.13. The first-order valence-corrected chi connectivity index (χ1v) is 10.4. The molecule has 0 spiro atoms. The van der Waals surface area contributed by atoms with Crippen LogP contribution in [0.1, 0.15) is 5.69 Å². The minimum Gasteiger partial charge on any atom is -0.493 e. The monoisotopic (exact) mass is 406 g/mol. The highest BCUT2D eigenvalue weighted by atomic mass is 32.2. The van der Waals surface area contributed by atoms with Crippen molar-refractivity contribution in [2.24, 2.45) is 0 Å². The van der Waals surface area contributed by atoms with Crippen molar-refractivity contribution in [1.82, 2.24) is 15.2 Å². The number of nitrogens with zero attached hydrogens (tertiary/aromatic N) is 3. The Kier molecular flexibility index (Phi) is 6.48. The third-order valence-electron chi connectivity index (χ3n) is 3.33. The predicted molar refractivity (Wildman–Crippen MR) is 109 cm³/mol. The molecule has 6 nitrogen and oxygen atoms in total. The first-order chi connectivity index (χ1) is 12.7. The first kappa shape index (κ1) is 18.7. The van der Waals surface area contributed by atoms with Crippen LogP contribution in [0.4, 0.5) is 5.13 Å². The van der Waals surface area contributed by atoms with E-state index in [9.17, 15) is 0 Å². The molecule has 0 fully saturated rings. The number of hydrogen-bond acceptors (Lipinski definition) is 9. The van der Waals surface area contributed by atoms with Crippen LogP contribution in [0, 0.1) is 0 Å². The zero-order valence-corrected chi connectivity index (χ0v) is 16.8. The van der Waals surface area contributed by atoms with Crippen LogP contribution in [0.15, 0.2) is 40.6 Å². The van der Waals surface area contributed by atoms with E-state index in [1.165, 1.54) is 11.3 Å². The lowest BCUT2D eigenvalue weighted by Gasteiger charge is -2.10. The van der Waals surface area contributed by atoms with E-state index < -0.39 is 0 Å². The van der Waals surface area contributed by atoms with Gasteiger partial charge in [-0.25, -0.2) is 4.98 Å². The highest BCUT2D eigenvalue weighted by Crippen LogP contribution is 2.39. The van der Waals surface area contributed by atoms with Crippen molar-refractivity contribution in [2.45, 2.75) is 10.1 Å². The fraction of sp³-hybridized carbons (Fsp3) is 0.235. The van der Waals surface area contributed by atoms with E-state index in [-0.39, 0.29) is 0 Å². The average Bonchev–Trinajstić information content (AvgIpc) is 3.33. The van der Waals surface area contributed by atoms with Gasteiger partial charge in [-0.2, -0.15) is 0 Å². The minimum absolute atomic E-state index is 0.678. The Bertz CT molecular complexity index is 879. The summed E-state index contributed by atoms with van der Waals surface area (Å²) in [6.45, 7) is 4.35. The van der Waals surface area contributed by atoms with E-state index in [1.807, 2.05) is 18.2 Å². The van der Waals surface area contributed by atoms with Crippen LogP contribution < -0.4 is 14.8 Å². The molecule has 1 aromatic carbocycles. The van der Waals surface area contributed by atoms with E-state index in [2.05, 4.69) is 27.5 Å². The molecule has 0 aliphatic rings. The SMILES string of the molecule is C=CCNc1nnc(SCc2csc(-c3cccc(OC)c3OC)n2)s1. The number of methoxy groups -OCH3 is 2. The molecule has 0 radical (unpaired) electrons. The average molecular weight is 407 g/mol. The van der Waals surface area contributed by atoms with Gasteiger partial charge in [0.2, 0.25) is 5.13 Å². The van der Waals surface area contributed by atoms with Gasteiger partial charge < -0.3 is 14.8 Å². The molecule has 3 rings (SSSR count). The fourth-order valence-corrected chi connectivity index (χ4v) is 4.79. The van der Waals surface area contributed by atoms with Crippen molar-refractivity contribution < 1.29 is 9.47 Å². The Labute approximate surface area is 164 Å². The van der Waals surface area contributed by atoms with Gasteiger partial charge in [0.25, 0.3) is 0 Å². The van der Waals surface area contributed by atoms with Gasteiger partial charge in [-0.05, 0) is 12.1 Å². The summed E-state index contributed by atoms with van der Waals surface area (Å²) in [7, 11) is 3.27. The van der Waals surface area contributed by atoms with Gasteiger partial charge >= 0.3 is 0 Å². The summed E-state index contributed by atoms with van der Waals surface area (Å²) in [6, 6.07) is 5.80. The zero-order valence-electron chi connectivity index (χ0n) is 14.4. The molecule has 0 unspecified atom stereocenters. The second-order valence-corrected chi connectivity index (χ2v) is 8.07. The van der Waals surface area contributed by atoms with E-state index in [0.717, 1.165) is 31.5 Å². The molecule has 136 valence electrons. The van der Waals surface area contributed by atoms with Crippen LogP contribution in [0.25, 0.3) is 10.6 Å². The molecule has 0 saturated carbocycles. The first-order valence-electron chi connectivity index (χ1n) is 7.72. The molecule has 1 N–H and O–H groups in total. The molecule has 3 aromatic rings. The Morgan fingerprint density at radius 2 is 2.15 bits per heavy atom. The Balaban J connectivity index is 1.69. The number of ether oxygens (including phenoxy) is 2. The molecule has 0 amide bonds. The summed E-state index contributed by atoms with van der Waals surface area (Å²) < 4.78 is 11.8. The normalized spacial score (nSPS) is 10.5. The van der Waals surface area contributed by atoms with E-state index in [0.29, 0.717) is 18.0 Å². The molecular formula is C17H18N4O2S3. The third-order valence-corrected chi connectivity index (χ3v) is 6.30. The maximum absolute atomic E-state index is 5.50. The van der Waals surface area contributed by atoms with Crippen LogP contribution in [-0.4, -0.2) is 35.9 Å². The number of benzene rings is 1.